The highest BCUT2D eigenvalue weighted by atomic mass is 19.4. The predicted molar refractivity (Wildman–Crippen MR) is 77.5 cm³/mol. The van der Waals surface area contributed by atoms with Crippen molar-refractivity contribution in [2.24, 2.45) is 0 Å². The zero-order chi connectivity index (χ0) is 16.5. The van der Waals surface area contributed by atoms with Crippen LogP contribution in [0.3, 0.4) is 0 Å². The zero-order valence-electron chi connectivity index (χ0n) is 12.1. The Morgan fingerprint density at radius 2 is 1.50 bits per heavy atom. The van der Waals surface area contributed by atoms with E-state index in [9.17, 15) is 23.1 Å². The van der Waals surface area contributed by atoms with Crippen LogP contribution in [0.1, 0.15) is 25.0 Å². The topological polar surface area (TPSA) is 37.3 Å². The summed E-state index contributed by atoms with van der Waals surface area (Å²) in [6, 6.07) is 11.5. The Kier molecular flexibility index (Phi) is 4.00. The maximum absolute atomic E-state index is 13.0. The first kappa shape index (κ1) is 16.1. The number of benzene rings is 2. The second-order valence-electron chi connectivity index (χ2n) is 5.55. The monoisotopic (exact) mass is 308 g/mol. The van der Waals surface area contributed by atoms with E-state index in [-0.39, 0.29) is 5.56 Å². The summed E-state index contributed by atoms with van der Waals surface area (Å²) in [6.07, 6.45) is -4.43. The SMILES string of the molecule is CC(C)(C(=O)O)c1ccc(-c2ccccc2C(F)(F)F)cc1. The first-order valence-electron chi connectivity index (χ1n) is 6.64. The molecule has 2 rings (SSSR count). The van der Waals surface area contributed by atoms with Gasteiger partial charge in [-0.05, 0) is 36.6 Å². The summed E-state index contributed by atoms with van der Waals surface area (Å²) < 4.78 is 39.1. The molecular formula is C17H15F3O2. The van der Waals surface area contributed by atoms with E-state index in [0.29, 0.717) is 11.1 Å². The zero-order valence-corrected chi connectivity index (χ0v) is 12.1. The number of rotatable bonds is 3. The number of carboxylic acid groups (broad SMARTS) is 1. The van der Waals surface area contributed by atoms with Crippen molar-refractivity contribution in [3.05, 3.63) is 59.7 Å². The number of alkyl halides is 3. The van der Waals surface area contributed by atoms with Crippen molar-refractivity contribution >= 4 is 5.97 Å². The van der Waals surface area contributed by atoms with Gasteiger partial charge in [0.15, 0.2) is 0 Å². The molecule has 0 spiro atoms. The van der Waals surface area contributed by atoms with Crippen molar-refractivity contribution in [2.45, 2.75) is 25.4 Å². The van der Waals surface area contributed by atoms with E-state index in [2.05, 4.69) is 0 Å². The molecule has 22 heavy (non-hydrogen) atoms. The Hall–Kier alpha value is -2.30. The predicted octanol–water partition coefficient (Wildman–Crippen LogP) is 4.73. The average molecular weight is 308 g/mol. The van der Waals surface area contributed by atoms with Crippen molar-refractivity contribution in [1.82, 2.24) is 0 Å². The summed E-state index contributed by atoms with van der Waals surface area (Å²) in [6.45, 7) is 3.10. The van der Waals surface area contributed by atoms with Gasteiger partial charge >= 0.3 is 12.1 Å². The number of halogens is 3. The molecule has 0 bridgehead atoms. The molecule has 0 aliphatic rings. The molecule has 2 nitrogen and oxygen atoms in total. The molecule has 2 aromatic carbocycles. The van der Waals surface area contributed by atoms with Crippen molar-refractivity contribution < 1.29 is 23.1 Å². The third-order valence-corrected chi connectivity index (χ3v) is 3.68. The maximum Gasteiger partial charge on any atom is 0.417 e. The van der Waals surface area contributed by atoms with Gasteiger partial charge in [-0.15, -0.1) is 0 Å². The van der Waals surface area contributed by atoms with E-state index in [1.54, 1.807) is 32.0 Å². The van der Waals surface area contributed by atoms with Gasteiger partial charge in [-0.1, -0.05) is 42.5 Å². The molecule has 0 amide bonds. The van der Waals surface area contributed by atoms with Crippen LogP contribution in [0.2, 0.25) is 0 Å². The summed E-state index contributed by atoms with van der Waals surface area (Å²) in [5.41, 5.74) is -0.789. The first-order chi connectivity index (χ1) is 10.1. The quantitative estimate of drug-likeness (QED) is 0.889. The van der Waals surface area contributed by atoms with Crippen LogP contribution >= 0.6 is 0 Å². The van der Waals surface area contributed by atoms with Crippen LogP contribution in [0.5, 0.6) is 0 Å². The Balaban J connectivity index is 2.47. The lowest BCUT2D eigenvalue weighted by molar-refractivity contribution is -0.142. The van der Waals surface area contributed by atoms with E-state index >= 15 is 0 Å². The minimum Gasteiger partial charge on any atom is -0.481 e. The van der Waals surface area contributed by atoms with Gasteiger partial charge in [-0.2, -0.15) is 13.2 Å². The molecule has 5 heteroatoms. The van der Waals surface area contributed by atoms with Crippen LogP contribution in [0, 0.1) is 0 Å². The largest absolute Gasteiger partial charge is 0.481 e. The Morgan fingerprint density at radius 1 is 0.955 bits per heavy atom. The number of hydrogen-bond acceptors (Lipinski definition) is 1. The second-order valence-corrected chi connectivity index (χ2v) is 5.55. The van der Waals surface area contributed by atoms with Gasteiger partial charge in [-0.25, -0.2) is 0 Å². The molecule has 0 unspecified atom stereocenters. The van der Waals surface area contributed by atoms with Crippen LogP contribution in [0.15, 0.2) is 48.5 Å². The number of carbonyl (C=O) groups is 1. The average Bonchev–Trinajstić information content (AvgIpc) is 2.46. The standard InChI is InChI=1S/C17H15F3O2/c1-16(2,15(21)22)12-9-7-11(8-10-12)13-5-3-4-6-14(13)17(18,19)20/h3-10H,1-2H3,(H,21,22). The summed E-state index contributed by atoms with van der Waals surface area (Å²) in [5, 5.41) is 9.18. The van der Waals surface area contributed by atoms with Crippen molar-refractivity contribution in [3.63, 3.8) is 0 Å². The van der Waals surface area contributed by atoms with Gasteiger partial charge in [0.05, 0.1) is 11.0 Å². The van der Waals surface area contributed by atoms with E-state index in [1.165, 1.54) is 24.3 Å². The van der Waals surface area contributed by atoms with Crippen LogP contribution in [-0.4, -0.2) is 11.1 Å². The smallest absolute Gasteiger partial charge is 0.417 e. The van der Waals surface area contributed by atoms with Gasteiger partial charge in [0.25, 0.3) is 0 Å². The summed E-state index contributed by atoms with van der Waals surface area (Å²) in [5.74, 6) is -0.990. The molecule has 116 valence electrons. The Labute approximate surface area is 126 Å². The summed E-state index contributed by atoms with van der Waals surface area (Å²) in [7, 11) is 0. The summed E-state index contributed by atoms with van der Waals surface area (Å²) >= 11 is 0. The van der Waals surface area contributed by atoms with Crippen LogP contribution < -0.4 is 0 Å². The molecule has 0 saturated heterocycles. The van der Waals surface area contributed by atoms with Crippen molar-refractivity contribution in [3.8, 4) is 11.1 Å². The lowest BCUT2D eigenvalue weighted by atomic mass is 9.84. The third kappa shape index (κ3) is 2.98. The lowest BCUT2D eigenvalue weighted by Gasteiger charge is -2.20. The summed E-state index contributed by atoms with van der Waals surface area (Å²) in [4.78, 5) is 11.2. The molecule has 0 atom stereocenters. The van der Waals surface area contributed by atoms with Gasteiger partial charge in [0.2, 0.25) is 0 Å². The molecule has 0 fully saturated rings. The highest BCUT2D eigenvalue weighted by Gasteiger charge is 2.33. The number of carboxylic acids is 1. The van der Waals surface area contributed by atoms with E-state index < -0.39 is 23.1 Å². The highest BCUT2D eigenvalue weighted by Crippen LogP contribution is 2.37. The molecule has 1 N–H and O–H groups in total. The van der Waals surface area contributed by atoms with Crippen LogP contribution in [0.25, 0.3) is 11.1 Å². The van der Waals surface area contributed by atoms with E-state index in [0.717, 1.165) is 6.07 Å². The van der Waals surface area contributed by atoms with Crippen molar-refractivity contribution in [1.29, 1.82) is 0 Å². The normalized spacial score (nSPS) is 12.2. The Bertz CT molecular complexity index is 686. The fourth-order valence-corrected chi connectivity index (χ4v) is 2.17. The molecule has 0 aliphatic carbocycles. The van der Waals surface area contributed by atoms with E-state index in [4.69, 9.17) is 0 Å². The van der Waals surface area contributed by atoms with Crippen molar-refractivity contribution in [2.75, 3.05) is 0 Å². The van der Waals surface area contributed by atoms with Gasteiger partial charge < -0.3 is 5.11 Å². The molecule has 0 saturated carbocycles. The van der Waals surface area contributed by atoms with Crippen LogP contribution in [0.4, 0.5) is 13.2 Å². The molecular weight excluding hydrogens is 293 g/mol. The van der Waals surface area contributed by atoms with Gasteiger partial charge in [-0.3, -0.25) is 4.79 Å². The highest BCUT2D eigenvalue weighted by molar-refractivity contribution is 5.80. The van der Waals surface area contributed by atoms with Crippen LogP contribution in [-0.2, 0) is 16.4 Å². The molecule has 2 aromatic rings. The fourth-order valence-electron chi connectivity index (χ4n) is 2.17. The number of hydrogen-bond donors (Lipinski definition) is 1. The maximum atomic E-state index is 13.0. The van der Waals surface area contributed by atoms with E-state index in [1.807, 2.05) is 0 Å². The molecule has 0 aromatic heterocycles. The fraction of sp³-hybridized carbons (Fsp3) is 0.235. The minimum atomic E-state index is -4.43. The van der Waals surface area contributed by atoms with Gasteiger partial charge in [0, 0.05) is 0 Å². The van der Waals surface area contributed by atoms with Gasteiger partial charge in [0.1, 0.15) is 0 Å². The Morgan fingerprint density at radius 3 is 2.00 bits per heavy atom. The first-order valence-corrected chi connectivity index (χ1v) is 6.64. The molecule has 0 heterocycles. The molecule has 0 aliphatic heterocycles. The number of aliphatic carboxylic acids is 1. The second kappa shape index (κ2) is 5.48. The molecule has 0 radical (unpaired) electrons. The minimum absolute atomic E-state index is 0.0784. The third-order valence-electron chi connectivity index (χ3n) is 3.68. The lowest BCUT2D eigenvalue weighted by Crippen LogP contribution is -2.28.